The van der Waals surface area contributed by atoms with Crippen molar-refractivity contribution in [3.8, 4) is 0 Å². The first-order chi connectivity index (χ1) is 12.8. The normalized spacial score (nSPS) is 44.5. The van der Waals surface area contributed by atoms with Crippen molar-refractivity contribution in [1.82, 2.24) is 0 Å². The molecule has 0 aromatic rings. The van der Waals surface area contributed by atoms with Crippen LogP contribution in [0.15, 0.2) is 0 Å². The quantitative estimate of drug-likeness (QED) is 0.186. The maximum Gasteiger partial charge on any atom is 0.261 e. The molecule has 0 spiro atoms. The summed E-state index contributed by atoms with van der Waals surface area (Å²) in [6.07, 6.45) is -14.9. The van der Waals surface area contributed by atoms with Crippen molar-refractivity contribution in [2.24, 2.45) is 0 Å². The molecule has 2 aliphatic heterocycles. The molecule has 168 valence electrons. The summed E-state index contributed by atoms with van der Waals surface area (Å²) in [6.45, 7) is -1.35. The maximum absolute atomic E-state index is 9.94. The molecule has 0 saturated carbocycles. The van der Waals surface area contributed by atoms with E-state index in [9.17, 15) is 44.2 Å². The summed E-state index contributed by atoms with van der Waals surface area (Å²) >= 11 is 0. The zero-order chi connectivity index (χ0) is 21.8. The fraction of sp³-hybridized carbons (Fsp3) is 1.00. The Morgan fingerprint density at radius 3 is 1.75 bits per heavy atom. The Morgan fingerprint density at radius 2 is 1.29 bits per heavy atom. The third-order valence-electron chi connectivity index (χ3n) is 3.98. The van der Waals surface area contributed by atoms with E-state index in [1.165, 1.54) is 0 Å². The second-order valence-electron chi connectivity index (χ2n) is 6.26. The second kappa shape index (κ2) is 10.5. The summed E-state index contributed by atoms with van der Waals surface area (Å²) in [7, 11) is -3.67. The Kier molecular flexibility index (Phi) is 9.55. The van der Waals surface area contributed by atoms with Crippen molar-refractivity contribution in [3.05, 3.63) is 0 Å². The van der Waals surface area contributed by atoms with Crippen LogP contribution in [0.25, 0.3) is 0 Å². The molecule has 0 bridgehead atoms. The highest BCUT2D eigenvalue weighted by molar-refractivity contribution is 7.85. The molecule has 2 rings (SSSR count). The highest BCUT2D eigenvalue weighted by Gasteiger charge is 2.50. The average molecular weight is 438 g/mol. The van der Waals surface area contributed by atoms with Gasteiger partial charge in [-0.2, -0.15) is 8.42 Å². The van der Waals surface area contributed by atoms with Crippen molar-refractivity contribution in [1.29, 1.82) is 0 Å². The van der Waals surface area contributed by atoms with Crippen molar-refractivity contribution < 1.29 is 68.0 Å². The van der Waals surface area contributed by atoms with Gasteiger partial charge >= 0.3 is 0 Å². The Morgan fingerprint density at radius 1 is 0.786 bits per heavy atom. The van der Waals surface area contributed by atoms with Crippen LogP contribution in [-0.2, 0) is 24.3 Å². The van der Waals surface area contributed by atoms with Crippen molar-refractivity contribution in [3.63, 3.8) is 0 Å². The number of rotatable bonds is 4. The predicted octanol–water partition coefficient (Wildman–Crippen LogP) is -5.89. The predicted molar refractivity (Wildman–Crippen MR) is 86.1 cm³/mol. The van der Waals surface area contributed by atoms with Gasteiger partial charge in [0.2, 0.25) is 0 Å². The molecule has 2 fully saturated rings. The molecule has 0 aliphatic carbocycles. The summed E-state index contributed by atoms with van der Waals surface area (Å²) in [5, 5.41) is 76.5. The zero-order valence-corrected chi connectivity index (χ0v) is 15.5. The van der Waals surface area contributed by atoms with E-state index in [2.05, 4.69) is 0 Å². The van der Waals surface area contributed by atoms with Gasteiger partial charge in [-0.1, -0.05) is 0 Å². The molecule has 2 aliphatic rings. The highest BCUT2D eigenvalue weighted by atomic mass is 32.2. The fourth-order valence-electron chi connectivity index (χ4n) is 2.57. The van der Waals surface area contributed by atoms with Gasteiger partial charge in [-0.25, -0.2) is 0 Å². The van der Waals surface area contributed by atoms with E-state index in [0.29, 0.717) is 6.26 Å². The maximum atomic E-state index is 9.94. The lowest BCUT2D eigenvalue weighted by atomic mass is 9.97. The minimum absolute atomic E-state index is 0.667. The van der Waals surface area contributed by atoms with E-state index in [0.717, 1.165) is 0 Å². The second-order valence-corrected chi connectivity index (χ2v) is 7.73. The standard InChI is InChI=1S/C12H22O11.CH4O3S/c13-1-3-5(15)6(16)9(19)12(22-3)23-10-4(2-14)21-11(20)8(18)7(10)17;1-5(2,3)4/h3-20H,1-2H2;1H3,(H,2,3,4)/t3-,4-,5+,6+,7-,8-,9-,10-,11?,12+;/m1./s1. The van der Waals surface area contributed by atoms with Crippen LogP contribution in [0.3, 0.4) is 0 Å². The minimum Gasteiger partial charge on any atom is -0.394 e. The van der Waals surface area contributed by atoms with Gasteiger partial charge in [-0.3, -0.25) is 4.55 Å². The van der Waals surface area contributed by atoms with E-state index in [-0.39, 0.29) is 0 Å². The molecule has 0 radical (unpaired) electrons. The molecule has 2 heterocycles. The molecule has 15 heteroatoms. The summed E-state index contributed by atoms with van der Waals surface area (Å²) in [5.74, 6) is 0. The lowest BCUT2D eigenvalue weighted by Gasteiger charge is -2.45. The molecule has 0 amide bonds. The first kappa shape index (κ1) is 25.5. The molecule has 1 unspecified atom stereocenters. The molecule has 0 aromatic carbocycles. The number of hydrogen-bond donors (Lipinski definition) is 9. The summed E-state index contributed by atoms with van der Waals surface area (Å²) in [6, 6.07) is 0. The van der Waals surface area contributed by atoms with E-state index >= 15 is 0 Å². The van der Waals surface area contributed by atoms with E-state index < -0.39 is 84.7 Å². The smallest absolute Gasteiger partial charge is 0.261 e. The first-order valence-corrected chi connectivity index (χ1v) is 9.85. The van der Waals surface area contributed by atoms with Crippen molar-refractivity contribution in [2.75, 3.05) is 19.5 Å². The van der Waals surface area contributed by atoms with Gasteiger partial charge in [0.15, 0.2) is 12.6 Å². The molecular formula is C13H26O14S. The highest BCUT2D eigenvalue weighted by Crippen LogP contribution is 2.28. The molecule has 14 nitrogen and oxygen atoms in total. The third kappa shape index (κ3) is 6.77. The first-order valence-electron chi connectivity index (χ1n) is 8.00. The topological polar surface area (TPSA) is 244 Å². The van der Waals surface area contributed by atoms with Crippen LogP contribution >= 0.6 is 0 Å². The van der Waals surface area contributed by atoms with E-state index in [1.54, 1.807) is 0 Å². The van der Waals surface area contributed by atoms with Crippen LogP contribution in [0.2, 0.25) is 0 Å². The monoisotopic (exact) mass is 438 g/mol. The Bertz CT molecular complexity index is 560. The molecule has 2 saturated heterocycles. The third-order valence-corrected chi connectivity index (χ3v) is 3.98. The van der Waals surface area contributed by atoms with E-state index in [4.69, 9.17) is 23.9 Å². The summed E-state index contributed by atoms with van der Waals surface area (Å²) in [5.41, 5.74) is 0. The van der Waals surface area contributed by atoms with E-state index in [1.807, 2.05) is 0 Å². The Labute approximate surface area is 159 Å². The largest absolute Gasteiger partial charge is 0.394 e. The van der Waals surface area contributed by atoms with Gasteiger partial charge in [-0.05, 0) is 0 Å². The molecule has 28 heavy (non-hydrogen) atoms. The summed E-state index contributed by atoms with van der Waals surface area (Å²) in [4.78, 5) is 0. The number of hydrogen-bond acceptors (Lipinski definition) is 13. The minimum atomic E-state index is -3.67. The molecule has 9 N–H and O–H groups in total. The van der Waals surface area contributed by atoms with Gasteiger partial charge in [0.25, 0.3) is 10.1 Å². The van der Waals surface area contributed by atoms with Crippen molar-refractivity contribution >= 4 is 10.1 Å². The van der Waals surface area contributed by atoms with Crippen LogP contribution in [0.1, 0.15) is 0 Å². The lowest BCUT2D eigenvalue weighted by Crippen LogP contribution is -2.64. The molecule has 10 atom stereocenters. The van der Waals surface area contributed by atoms with Crippen LogP contribution in [0.5, 0.6) is 0 Å². The number of aliphatic hydroxyl groups is 8. The van der Waals surface area contributed by atoms with Gasteiger partial charge in [0.1, 0.15) is 48.8 Å². The SMILES string of the molecule is CS(=O)(=O)O.OC[C@H]1O[C@@H](O[C@H]2[C@H](O)[C@@H](O)C(O)O[C@@H]2CO)[C@H](O)[C@@H](O)[C@H]1O. The van der Waals surface area contributed by atoms with Gasteiger partial charge in [0.05, 0.1) is 19.5 Å². The fourth-order valence-corrected chi connectivity index (χ4v) is 2.57. The van der Waals surface area contributed by atoms with Gasteiger partial charge in [-0.15, -0.1) is 0 Å². The Hall–Kier alpha value is -0.530. The van der Waals surface area contributed by atoms with Crippen LogP contribution in [0.4, 0.5) is 0 Å². The lowest BCUT2D eigenvalue weighted by molar-refractivity contribution is -0.355. The average Bonchev–Trinajstić information content (AvgIpc) is 2.60. The van der Waals surface area contributed by atoms with Gasteiger partial charge < -0.3 is 55.1 Å². The molecule has 0 aromatic heterocycles. The van der Waals surface area contributed by atoms with Crippen molar-refractivity contribution in [2.45, 2.75) is 61.4 Å². The van der Waals surface area contributed by atoms with Crippen LogP contribution in [0, 0.1) is 0 Å². The molecular weight excluding hydrogens is 412 g/mol. The number of ether oxygens (including phenoxy) is 3. The zero-order valence-electron chi connectivity index (χ0n) is 14.7. The summed E-state index contributed by atoms with van der Waals surface area (Å²) < 4.78 is 41.1. The Balaban J connectivity index is 0.000000696. The van der Waals surface area contributed by atoms with Crippen LogP contribution < -0.4 is 0 Å². The number of aliphatic hydroxyl groups excluding tert-OH is 8. The van der Waals surface area contributed by atoms with Gasteiger partial charge in [0, 0.05) is 0 Å². The van der Waals surface area contributed by atoms with Crippen LogP contribution in [-0.4, -0.2) is 135 Å².